The summed E-state index contributed by atoms with van der Waals surface area (Å²) in [5.41, 5.74) is 1.82. The maximum Gasteiger partial charge on any atom is 0.341 e. The molecule has 2 N–H and O–H groups in total. The summed E-state index contributed by atoms with van der Waals surface area (Å²) in [5.74, 6) is 0.858. The van der Waals surface area contributed by atoms with Crippen LogP contribution in [0.3, 0.4) is 0 Å². The molecule has 0 heterocycles. The molecule has 0 aliphatic carbocycles. The van der Waals surface area contributed by atoms with Gasteiger partial charge in [-0.05, 0) is 23.3 Å². The van der Waals surface area contributed by atoms with Crippen LogP contribution in [0.25, 0.3) is 5.57 Å². The molecule has 0 saturated carbocycles. The highest BCUT2D eigenvalue weighted by Gasteiger charge is 2.16. The minimum atomic E-state index is -0.482. The Morgan fingerprint density at radius 1 is 1.03 bits per heavy atom. The summed E-state index contributed by atoms with van der Waals surface area (Å²) in [6.45, 7) is 2.02. The number of carbonyl (C=O) groups excluding carboxylic acids is 1. The normalized spacial score (nSPS) is 11.1. The first kappa shape index (κ1) is 22.3. The molecule has 29 heavy (non-hydrogen) atoms. The number of methoxy groups -OCH3 is 2. The largest absolute Gasteiger partial charge is 0.503 e. The molecule has 7 nitrogen and oxygen atoms in total. The predicted molar refractivity (Wildman–Crippen MR) is 110 cm³/mol. The summed E-state index contributed by atoms with van der Waals surface area (Å²) in [7, 11) is 2.81. The van der Waals surface area contributed by atoms with Gasteiger partial charge in [-0.15, -0.1) is 0 Å². The number of hydrogen-bond acceptors (Lipinski definition) is 7. The van der Waals surface area contributed by atoms with E-state index in [1.165, 1.54) is 20.5 Å². The Morgan fingerprint density at radius 3 is 2.52 bits per heavy atom. The van der Waals surface area contributed by atoms with E-state index in [2.05, 4.69) is 5.32 Å². The number of ether oxygens (including phenoxy) is 4. The third kappa shape index (κ3) is 7.14. The second kappa shape index (κ2) is 12.4. The van der Waals surface area contributed by atoms with Crippen molar-refractivity contribution in [3.8, 4) is 11.5 Å². The van der Waals surface area contributed by atoms with Crippen LogP contribution in [0, 0.1) is 0 Å². The second-order valence-corrected chi connectivity index (χ2v) is 6.00. The van der Waals surface area contributed by atoms with E-state index in [-0.39, 0.29) is 13.2 Å². The molecule has 0 spiro atoms. The van der Waals surface area contributed by atoms with Gasteiger partial charge in [0.2, 0.25) is 0 Å². The van der Waals surface area contributed by atoms with Crippen LogP contribution in [0.5, 0.6) is 11.5 Å². The molecule has 0 aliphatic heterocycles. The molecule has 0 unspecified atom stereocenters. The molecule has 0 saturated heterocycles. The molecular formula is C22H27NO6. The molecule has 0 aromatic heterocycles. The quantitative estimate of drug-likeness (QED) is 0.244. The molecule has 2 rings (SSSR count). The predicted octanol–water partition coefficient (Wildman–Crippen LogP) is 2.39. The van der Waals surface area contributed by atoms with Crippen molar-refractivity contribution < 1.29 is 28.8 Å². The molecule has 156 valence electrons. The molecule has 0 aliphatic rings. The maximum atomic E-state index is 12.1. The fraction of sp³-hybridized carbons (Fsp3) is 0.318. The lowest BCUT2D eigenvalue weighted by atomic mass is 10.0. The Hall–Kier alpha value is -3.03. The molecule has 0 fully saturated rings. The lowest BCUT2D eigenvalue weighted by Gasteiger charge is -2.13. The number of benzene rings is 2. The smallest absolute Gasteiger partial charge is 0.341 e. The van der Waals surface area contributed by atoms with Crippen molar-refractivity contribution in [1.29, 1.82) is 0 Å². The Bertz CT molecular complexity index is 805. The van der Waals surface area contributed by atoms with Gasteiger partial charge in [-0.3, -0.25) is 0 Å². The van der Waals surface area contributed by atoms with E-state index in [1.807, 2.05) is 42.5 Å². The minimum Gasteiger partial charge on any atom is -0.503 e. The molecular weight excluding hydrogens is 374 g/mol. The highest BCUT2D eigenvalue weighted by Crippen LogP contribution is 2.24. The number of rotatable bonds is 12. The summed E-state index contributed by atoms with van der Waals surface area (Å²) in [6.07, 6.45) is 1.37. The highest BCUT2D eigenvalue weighted by atomic mass is 16.5. The van der Waals surface area contributed by atoms with Crippen LogP contribution < -0.4 is 14.8 Å². The summed E-state index contributed by atoms with van der Waals surface area (Å²) in [6, 6.07) is 14.8. The highest BCUT2D eigenvalue weighted by molar-refractivity contribution is 6.16. The first-order valence-corrected chi connectivity index (χ1v) is 9.26. The zero-order chi connectivity index (χ0) is 20.9. The van der Waals surface area contributed by atoms with E-state index < -0.39 is 5.97 Å². The van der Waals surface area contributed by atoms with Gasteiger partial charge >= 0.3 is 5.97 Å². The van der Waals surface area contributed by atoms with Crippen LogP contribution in [-0.2, 0) is 20.9 Å². The standard InChI is InChI=1S/C22H27NO6/c1-26-16-21(22(25)27-2)20-9-4-3-6-17(20)15-29-19-8-5-7-18(14-19)28-13-11-23-10-12-24/h3-9,14,16,23-24H,10-13,15H2,1-2H3. The molecule has 2 aromatic rings. The Balaban J connectivity index is 2.04. The zero-order valence-electron chi connectivity index (χ0n) is 16.7. The fourth-order valence-corrected chi connectivity index (χ4v) is 2.62. The van der Waals surface area contributed by atoms with Crippen LogP contribution >= 0.6 is 0 Å². The number of carbonyl (C=O) groups is 1. The number of nitrogens with one attached hydrogen (secondary N) is 1. The molecule has 2 aromatic carbocycles. The van der Waals surface area contributed by atoms with Gasteiger partial charge in [-0.25, -0.2) is 4.79 Å². The van der Waals surface area contributed by atoms with Crippen molar-refractivity contribution in [2.75, 3.05) is 40.5 Å². The SMILES string of the molecule is COC=C(C(=O)OC)c1ccccc1COc1cccc(OCCNCCO)c1. The summed E-state index contributed by atoms with van der Waals surface area (Å²) >= 11 is 0. The number of aliphatic hydroxyl groups is 1. The van der Waals surface area contributed by atoms with E-state index in [1.54, 1.807) is 6.07 Å². The maximum absolute atomic E-state index is 12.1. The number of aliphatic hydroxyl groups excluding tert-OH is 1. The van der Waals surface area contributed by atoms with Crippen LogP contribution in [0.2, 0.25) is 0 Å². The van der Waals surface area contributed by atoms with Crippen molar-refractivity contribution in [3.63, 3.8) is 0 Å². The van der Waals surface area contributed by atoms with E-state index in [9.17, 15) is 4.79 Å². The minimum absolute atomic E-state index is 0.0993. The van der Waals surface area contributed by atoms with Gasteiger partial charge < -0.3 is 29.4 Å². The van der Waals surface area contributed by atoms with Gasteiger partial charge in [-0.1, -0.05) is 30.3 Å². The van der Waals surface area contributed by atoms with Crippen molar-refractivity contribution in [1.82, 2.24) is 5.32 Å². The van der Waals surface area contributed by atoms with Crippen molar-refractivity contribution in [2.45, 2.75) is 6.61 Å². The Kier molecular flexibility index (Phi) is 9.54. The third-order valence-corrected chi connectivity index (χ3v) is 3.98. The Labute approximate surface area is 170 Å². The van der Waals surface area contributed by atoms with Crippen LogP contribution in [0.15, 0.2) is 54.8 Å². The average Bonchev–Trinajstić information content (AvgIpc) is 2.76. The van der Waals surface area contributed by atoms with E-state index in [0.29, 0.717) is 42.3 Å². The molecule has 0 radical (unpaired) electrons. The monoisotopic (exact) mass is 401 g/mol. The van der Waals surface area contributed by atoms with Gasteiger partial charge in [0.05, 0.1) is 27.1 Å². The summed E-state index contributed by atoms with van der Waals surface area (Å²) < 4.78 is 21.5. The van der Waals surface area contributed by atoms with Gasteiger partial charge in [0.25, 0.3) is 0 Å². The van der Waals surface area contributed by atoms with Crippen molar-refractivity contribution in [3.05, 3.63) is 65.9 Å². The molecule has 0 atom stereocenters. The zero-order valence-corrected chi connectivity index (χ0v) is 16.7. The van der Waals surface area contributed by atoms with Gasteiger partial charge in [0.1, 0.15) is 30.3 Å². The first-order chi connectivity index (χ1) is 14.2. The first-order valence-electron chi connectivity index (χ1n) is 9.26. The van der Waals surface area contributed by atoms with Gasteiger partial charge in [0.15, 0.2) is 0 Å². The summed E-state index contributed by atoms with van der Waals surface area (Å²) in [5, 5.41) is 11.8. The van der Waals surface area contributed by atoms with Gasteiger partial charge in [0, 0.05) is 19.2 Å². The van der Waals surface area contributed by atoms with E-state index in [0.717, 1.165) is 5.56 Å². The van der Waals surface area contributed by atoms with E-state index >= 15 is 0 Å². The summed E-state index contributed by atoms with van der Waals surface area (Å²) in [4.78, 5) is 12.1. The topological polar surface area (TPSA) is 86.3 Å². The third-order valence-electron chi connectivity index (χ3n) is 3.98. The van der Waals surface area contributed by atoms with Crippen LogP contribution in [0.1, 0.15) is 11.1 Å². The van der Waals surface area contributed by atoms with Crippen molar-refractivity contribution in [2.24, 2.45) is 0 Å². The Morgan fingerprint density at radius 2 is 1.79 bits per heavy atom. The molecule has 7 heteroatoms. The number of esters is 1. The molecule has 0 amide bonds. The lowest BCUT2D eigenvalue weighted by molar-refractivity contribution is -0.133. The van der Waals surface area contributed by atoms with E-state index in [4.69, 9.17) is 24.1 Å². The van der Waals surface area contributed by atoms with Crippen molar-refractivity contribution >= 4 is 11.5 Å². The average molecular weight is 401 g/mol. The second-order valence-electron chi connectivity index (χ2n) is 6.00. The van der Waals surface area contributed by atoms with Crippen LogP contribution in [0.4, 0.5) is 0 Å². The van der Waals surface area contributed by atoms with Crippen LogP contribution in [-0.4, -0.2) is 51.6 Å². The fourth-order valence-electron chi connectivity index (χ4n) is 2.62. The van der Waals surface area contributed by atoms with Gasteiger partial charge in [-0.2, -0.15) is 0 Å². The lowest BCUT2D eigenvalue weighted by Crippen LogP contribution is -2.23. The molecule has 0 bridgehead atoms. The number of hydrogen-bond donors (Lipinski definition) is 2.